The summed E-state index contributed by atoms with van der Waals surface area (Å²) in [6, 6.07) is 0. The number of rotatable bonds is 3. The van der Waals surface area contributed by atoms with Crippen LogP contribution in [0.25, 0.3) is 0 Å². The summed E-state index contributed by atoms with van der Waals surface area (Å²) in [4.78, 5) is 0. The summed E-state index contributed by atoms with van der Waals surface area (Å²) in [7, 11) is 1.53. The zero-order valence-electron chi connectivity index (χ0n) is 7.79. The molecule has 1 rings (SSSR count). The smallest absolute Gasteiger partial charge is 0.202 e. The SMILES string of the molecule is CC1CCC(CNS(=O)(=O)Cl)CC1. The van der Waals surface area contributed by atoms with Gasteiger partial charge in [0.05, 0.1) is 0 Å². The number of nitrogens with one attached hydrogen (secondary N) is 1. The van der Waals surface area contributed by atoms with Crippen molar-refractivity contribution in [3.8, 4) is 0 Å². The Morgan fingerprint density at radius 1 is 1.31 bits per heavy atom. The topological polar surface area (TPSA) is 46.2 Å². The number of hydrogen-bond donors (Lipinski definition) is 1. The molecule has 0 spiro atoms. The van der Waals surface area contributed by atoms with Gasteiger partial charge < -0.3 is 0 Å². The van der Waals surface area contributed by atoms with Crippen molar-refractivity contribution in [1.29, 1.82) is 0 Å². The van der Waals surface area contributed by atoms with E-state index >= 15 is 0 Å². The molecule has 13 heavy (non-hydrogen) atoms. The maximum atomic E-state index is 10.6. The van der Waals surface area contributed by atoms with Crippen LogP contribution in [0.5, 0.6) is 0 Å². The number of halogens is 1. The Bertz CT molecular complexity index is 245. The summed E-state index contributed by atoms with van der Waals surface area (Å²) >= 11 is 0. The van der Waals surface area contributed by atoms with Crippen LogP contribution in [-0.4, -0.2) is 15.0 Å². The highest BCUT2D eigenvalue weighted by Crippen LogP contribution is 2.27. The van der Waals surface area contributed by atoms with Crippen molar-refractivity contribution in [2.45, 2.75) is 32.6 Å². The molecule has 78 valence electrons. The fourth-order valence-electron chi connectivity index (χ4n) is 1.75. The molecule has 0 heterocycles. The Kier molecular flexibility index (Phi) is 4.01. The van der Waals surface area contributed by atoms with Crippen molar-refractivity contribution in [1.82, 2.24) is 4.72 Å². The molecule has 0 aromatic rings. The maximum absolute atomic E-state index is 10.6. The molecule has 1 fully saturated rings. The van der Waals surface area contributed by atoms with Crippen LogP contribution >= 0.6 is 10.7 Å². The minimum atomic E-state index is -3.51. The molecule has 1 N–H and O–H groups in total. The van der Waals surface area contributed by atoms with Gasteiger partial charge in [-0.15, -0.1) is 0 Å². The number of hydrogen-bond acceptors (Lipinski definition) is 2. The second kappa shape index (κ2) is 4.62. The molecule has 1 saturated carbocycles. The monoisotopic (exact) mass is 225 g/mol. The maximum Gasteiger partial charge on any atom is 0.297 e. The standard InChI is InChI=1S/C8H16ClNO2S/c1-7-2-4-8(5-3-7)6-10-13(9,11)12/h7-8,10H,2-6H2,1H3. The first-order chi connectivity index (χ1) is 5.97. The Morgan fingerprint density at radius 3 is 2.31 bits per heavy atom. The van der Waals surface area contributed by atoms with E-state index in [4.69, 9.17) is 10.7 Å². The average Bonchev–Trinajstić information content (AvgIpc) is 2.02. The Labute approximate surface area is 84.4 Å². The van der Waals surface area contributed by atoms with Crippen LogP contribution in [0.2, 0.25) is 0 Å². The van der Waals surface area contributed by atoms with E-state index in [2.05, 4.69) is 11.6 Å². The summed E-state index contributed by atoms with van der Waals surface area (Å²) < 4.78 is 23.5. The molecule has 0 bridgehead atoms. The molecule has 0 amide bonds. The molecule has 0 radical (unpaired) electrons. The van der Waals surface area contributed by atoms with E-state index in [1.165, 1.54) is 12.8 Å². The van der Waals surface area contributed by atoms with Gasteiger partial charge in [0.1, 0.15) is 0 Å². The van der Waals surface area contributed by atoms with Crippen molar-refractivity contribution in [3.63, 3.8) is 0 Å². The Hall–Kier alpha value is 0.200. The molecule has 0 aromatic heterocycles. The molecular formula is C8H16ClNO2S. The third-order valence-corrected chi connectivity index (χ3v) is 3.52. The largest absolute Gasteiger partial charge is 0.297 e. The van der Waals surface area contributed by atoms with Crippen molar-refractivity contribution in [3.05, 3.63) is 0 Å². The average molecular weight is 226 g/mol. The fraction of sp³-hybridized carbons (Fsp3) is 1.00. The lowest BCUT2D eigenvalue weighted by Gasteiger charge is -2.25. The molecule has 3 nitrogen and oxygen atoms in total. The summed E-state index contributed by atoms with van der Waals surface area (Å²) in [5.41, 5.74) is 0. The molecule has 0 aliphatic heterocycles. The van der Waals surface area contributed by atoms with Crippen LogP contribution in [0.4, 0.5) is 0 Å². The first kappa shape index (κ1) is 11.3. The molecule has 0 atom stereocenters. The molecular weight excluding hydrogens is 210 g/mol. The minimum absolute atomic E-state index is 0.477. The van der Waals surface area contributed by atoms with Gasteiger partial charge in [-0.25, -0.2) is 4.72 Å². The zero-order chi connectivity index (χ0) is 9.90. The van der Waals surface area contributed by atoms with Crippen LogP contribution in [-0.2, 0) is 9.24 Å². The van der Waals surface area contributed by atoms with Gasteiger partial charge in [0.2, 0.25) is 0 Å². The quantitative estimate of drug-likeness (QED) is 0.746. The van der Waals surface area contributed by atoms with Gasteiger partial charge in [-0.05, 0) is 24.7 Å². The van der Waals surface area contributed by atoms with Gasteiger partial charge in [0, 0.05) is 17.2 Å². The van der Waals surface area contributed by atoms with Crippen molar-refractivity contribution in [2.24, 2.45) is 11.8 Å². The van der Waals surface area contributed by atoms with E-state index in [9.17, 15) is 8.42 Å². The normalized spacial score (nSPS) is 30.3. The lowest BCUT2D eigenvalue weighted by Crippen LogP contribution is -2.28. The lowest BCUT2D eigenvalue weighted by molar-refractivity contribution is 0.291. The fourth-order valence-corrected chi connectivity index (χ4v) is 2.37. The van der Waals surface area contributed by atoms with E-state index in [0.29, 0.717) is 12.5 Å². The van der Waals surface area contributed by atoms with Gasteiger partial charge in [-0.2, -0.15) is 8.42 Å². The first-order valence-electron chi connectivity index (χ1n) is 4.66. The van der Waals surface area contributed by atoms with E-state index < -0.39 is 9.24 Å². The van der Waals surface area contributed by atoms with Crippen molar-refractivity contribution in [2.75, 3.05) is 6.54 Å². The first-order valence-corrected chi connectivity index (χ1v) is 6.97. The van der Waals surface area contributed by atoms with Crippen LogP contribution in [0.15, 0.2) is 0 Å². The van der Waals surface area contributed by atoms with Gasteiger partial charge in [-0.1, -0.05) is 19.8 Å². The second-order valence-corrected chi connectivity index (χ2v) is 6.30. The summed E-state index contributed by atoms with van der Waals surface area (Å²) in [6.45, 7) is 2.74. The van der Waals surface area contributed by atoms with Crippen LogP contribution in [0, 0.1) is 11.8 Å². The predicted molar refractivity (Wildman–Crippen MR) is 53.9 cm³/mol. The van der Waals surface area contributed by atoms with Gasteiger partial charge in [0.15, 0.2) is 0 Å². The lowest BCUT2D eigenvalue weighted by atomic mass is 9.83. The van der Waals surface area contributed by atoms with Gasteiger partial charge in [0.25, 0.3) is 9.24 Å². The predicted octanol–water partition coefficient (Wildman–Crippen LogP) is 1.89. The highest BCUT2D eigenvalue weighted by molar-refractivity contribution is 8.12. The molecule has 0 unspecified atom stereocenters. The van der Waals surface area contributed by atoms with E-state index in [1.807, 2.05) is 0 Å². The minimum Gasteiger partial charge on any atom is -0.202 e. The van der Waals surface area contributed by atoms with Crippen molar-refractivity contribution >= 4 is 19.9 Å². The molecule has 0 saturated heterocycles. The third kappa shape index (κ3) is 4.84. The Morgan fingerprint density at radius 2 is 1.85 bits per heavy atom. The molecule has 5 heteroatoms. The second-order valence-electron chi connectivity index (χ2n) is 3.91. The molecule has 1 aliphatic rings. The van der Waals surface area contributed by atoms with Crippen LogP contribution in [0.3, 0.4) is 0 Å². The summed E-state index contributed by atoms with van der Waals surface area (Å²) in [5, 5.41) is 0. The van der Waals surface area contributed by atoms with Gasteiger partial charge in [-0.3, -0.25) is 0 Å². The van der Waals surface area contributed by atoms with Crippen LogP contribution < -0.4 is 4.72 Å². The summed E-state index contributed by atoms with van der Waals surface area (Å²) in [5.74, 6) is 1.27. The van der Waals surface area contributed by atoms with E-state index in [0.717, 1.165) is 18.8 Å². The van der Waals surface area contributed by atoms with Crippen LogP contribution in [0.1, 0.15) is 32.6 Å². The highest BCUT2D eigenvalue weighted by Gasteiger charge is 2.19. The molecule has 0 aromatic carbocycles. The highest BCUT2D eigenvalue weighted by atomic mass is 35.7. The zero-order valence-corrected chi connectivity index (χ0v) is 9.37. The van der Waals surface area contributed by atoms with Crippen molar-refractivity contribution < 1.29 is 8.42 Å². The van der Waals surface area contributed by atoms with Gasteiger partial charge >= 0.3 is 0 Å². The molecule has 1 aliphatic carbocycles. The summed E-state index contributed by atoms with van der Waals surface area (Å²) in [6.07, 6.45) is 4.63. The third-order valence-electron chi connectivity index (χ3n) is 2.68. The van der Waals surface area contributed by atoms with E-state index in [-0.39, 0.29) is 0 Å². The van der Waals surface area contributed by atoms with E-state index in [1.54, 1.807) is 0 Å². The Balaban J connectivity index is 2.24.